The predicted molar refractivity (Wildman–Crippen MR) is 71.7 cm³/mol. The van der Waals surface area contributed by atoms with Crippen molar-refractivity contribution in [3.63, 3.8) is 0 Å². The predicted octanol–water partition coefficient (Wildman–Crippen LogP) is 2.33. The molecule has 1 aromatic carbocycles. The lowest BCUT2D eigenvalue weighted by molar-refractivity contribution is -0.134. The molecule has 18 heavy (non-hydrogen) atoms. The molecule has 2 N–H and O–H groups in total. The molecule has 94 valence electrons. The van der Waals surface area contributed by atoms with Crippen LogP contribution in [0.15, 0.2) is 28.8 Å². The molecule has 0 amide bonds. The molecule has 0 spiro atoms. The Morgan fingerprint density at radius 2 is 2.06 bits per heavy atom. The van der Waals surface area contributed by atoms with Crippen molar-refractivity contribution in [3.8, 4) is 0 Å². The summed E-state index contributed by atoms with van der Waals surface area (Å²) >= 11 is 1.23. The molecule has 0 unspecified atom stereocenters. The molecule has 0 aromatic heterocycles. The number of hydrogen-bond donors (Lipinski definition) is 2. The molecule has 0 fully saturated rings. The molecule has 1 heterocycles. The van der Waals surface area contributed by atoms with Crippen LogP contribution in [0.2, 0.25) is 0 Å². The van der Waals surface area contributed by atoms with Gasteiger partial charge in [-0.3, -0.25) is 4.79 Å². The number of aryl methyl sites for hydroxylation is 2. The first-order valence-corrected chi connectivity index (χ1v) is 6.45. The third-order valence-corrected chi connectivity index (χ3v) is 3.83. The van der Waals surface area contributed by atoms with E-state index in [0.717, 1.165) is 11.3 Å². The number of Topliss-reactive ketones (excluding diaryl/α,β-unsaturated/α-hetero) is 1. The molecule has 0 radical (unpaired) electrons. The van der Waals surface area contributed by atoms with Gasteiger partial charge in [-0.15, -0.1) is 0 Å². The molecule has 1 aromatic rings. The summed E-state index contributed by atoms with van der Waals surface area (Å²) in [6.07, 6.45) is 0. The zero-order chi connectivity index (χ0) is 13.3. The molecule has 0 saturated carbocycles. The summed E-state index contributed by atoms with van der Waals surface area (Å²) in [5, 5.41) is 12.4. The minimum absolute atomic E-state index is 0.141. The Balaban J connectivity index is 2.30. The summed E-state index contributed by atoms with van der Waals surface area (Å²) < 4.78 is 0. The van der Waals surface area contributed by atoms with Gasteiger partial charge in [-0.25, -0.2) is 4.79 Å². The molecule has 0 atom stereocenters. The molecule has 1 aliphatic rings. The number of hydrogen-bond acceptors (Lipinski definition) is 4. The Morgan fingerprint density at radius 3 is 2.67 bits per heavy atom. The topological polar surface area (TPSA) is 66.4 Å². The molecule has 0 bridgehead atoms. The van der Waals surface area contributed by atoms with Crippen molar-refractivity contribution in [3.05, 3.63) is 39.9 Å². The monoisotopic (exact) mass is 263 g/mol. The SMILES string of the molecule is Cc1ccc(NC2=C(C(=O)O)C(=O)CS2)cc1C. The number of carbonyl (C=O) groups excluding carboxylic acids is 1. The number of rotatable bonds is 3. The molecule has 0 aliphatic carbocycles. The minimum Gasteiger partial charge on any atom is -0.477 e. The van der Waals surface area contributed by atoms with Gasteiger partial charge in [0.25, 0.3) is 0 Å². The molecule has 5 heteroatoms. The Hall–Kier alpha value is -1.75. The summed E-state index contributed by atoms with van der Waals surface area (Å²) in [6, 6.07) is 5.77. The van der Waals surface area contributed by atoms with Gasteiger partial charge in [0.2, 0.25) is 0 Å². The standard InChI is InChI=1S/C13H13NO3S/c1-7-3-4-9(5-8(7)2)14-12-11(13(16)17)10(15)6-18-12/h3-5,14H,6H2,1-2H3,(H,16,17). The van der Waals surface area contributed by atoms with Crippen molar-refractivity contribution >= 4 is 29.2 Å². The lowest BCUT2D eigenvalue weighted by atomic mass is 10.1. The van der Waals surface area contributed by atoms with Crippen LogP contribution < -0.4 is 5.32 Å². The normalized spacial score (nSPS) is 15.1. The quantitative estimate of drug-likeness (QED) is 0.819. The first kappa shape index (κ1) is 12.7. The molecule has 0 saturated heterocycles. The Kier molecular flexibility index (Phi) is 3.43. The molecule has 1 aliphatic heterocycles. The van der Waals surface area contributed by atoms with Gasteiger partial charge in [0.05, 0.1) is 10.8 Å². The van der Waals surface area contributed by atoms with Gasteiger partial charge in [-0.1, -0.05) is 17.8 Å². The number of anilines is 1. The highest BCUT2D eigenvalue weighted by Gasteiger charge is 2.29. The average molecular weight is 263 g/mol. The van der Waals surface area contributed by atoms with E-state index in [9.17, 15) is 9.59 Å². The maximum atomic E-state index is 11.4. The smallest absolute Gasteiger partial charge is 0.342 e. The van der Waals surface area contributed by atoms with Crippen LogP contribution in [0.1, 0.15) is 11.1 Å². The first-order valence-electron chi connectivity index (χ1n) is 5.47. The number of carbonyl (C=O) groups is 2. The Morgan fingerprint density at radius 1 is 1.33 bits per heavy atom. The second kappa shape index (κ2) is 4.86. The van der Waals surface area contributed by atoms with Crippen LogP contribution in [-0.2, 0) is 9.59 Å². The lowest BCUT2D eigenvalue weighted by Crippen LogP contribution is -2.12. The van der Waals surface area contributed by atoms with Crippen molar-refractivity contribution < 1.29 is 14.7 Å². The first-order chi connectivity index (χ1) is 8.49. The van der Waals surface area contributed by atoms with E-state index in [0.29, 0.717) is 5.03 Å². The van der Waals surface area contributed by atoms with Crippen LogP contribution in [0.25, 0.3) is 0 Å². The summed E-state index contributed by atoms with van der Waals surface area (Å²) in [7, 11) is 0. The fourth-order valence-electron chi connectivity index (χ4n) is 1.67. The highest BCUT2D eigenvalue weighted by Crippen LogP contribution is 2.30. The summed E-state index contributed by atoms with van der Waals surface area (Å²) in [4.78, 5) is 22.4. The van der Waals surface area contributed by atoms with E-state index in [1.807, 2.05) is 32.0 Å². The van der Waals surface area contributed by atoms with Gasteiger partial charge in [-0.2, -0.15) is 0 Å². The maximum absolute atomic E-state index is 11.4. The van der Waals surface area contributed by atoms with E-state index in [1.165, 1.54) is 17.3 Å². The number of aliphatic carboxylic acids is 1. The van der Waals surface area contributed by atoms with E-state index >= 15 is 0 Å². The van der Waals surface area contributed by atoms with Crippen LogP contribution in [-0.4, -0.2) is 22.6 Å². The van der Waals surface area contributed by atoms with Crippen LogP contribution in [0, 0.1) is 13.8 Å². The van der Waals surface area contributed by atoms with Gasteiger partial charge in [-0.05, 0) is 37.1 Å². The molecule has 4 nitrogen and oxygen atoms in total. The fourth-order valence-corrected chi connectivity index (χ4v) is 2.63. The summed E-state index contributed by atoms with van der Waals surface area (Å²) in [6.45, 7) is 3.99. The van der Waals surface area contributed by atoms with E-state index in [1.54, 1.807) is 0 Å². The lowest BCUT2D eigenvalue weighted by Gasteiger charge is -2.09. The van der Waals surface area contributed by atoms with Gasteiger partial charge in [0.1, 0.15) is 5.57 Å². The highest BCUT2D eigenvalue weighted by atomic mass is 32.2. The van der Waals surface area contributed by atoms with E-state index in [-0.39, 0.29) is 17.1 Å². The van der Waals surface area contributed by atoms with Crippen LogP contribution in [0.4, 0.5) is 5.69 Å². The third kappa shape index (κ3) is 2.41. The van der Waals surface area contributed by atoms with Crippen molar-refractivity contribution in [1.82, 2.24) is 0 Å². The molecular weight excluding hydrogens is 250 g/mol. The Bertz CT molecular complexity index is 563. The van der Waals surface area contributed by atoms with Crippen LogP contribution in [0.3, 0.4) is 0 Å². The van der Waals surface area contributed by atoms with Crippen molar-refractivity contribution in [2.45, 2.75) is 13.8 Å². The minimum atomic E-state index is -1.17. The summed E-state index contributed by atoms with van der Waals surface area (Å²) in [5.41, 5.74) is 2.95. The van der Waals surface area contributed by atoms with E-state index < -0.39 is 5.97 Å². The van der Waals surface area contributed by atoms with Crippen molar-refractivity contribution in [1.29, 1.82) is 0 Å². The average Bonchev–Trinajstić information content (AvgIpc) is 2.65. The second-order valence-corrected chi connectivity index (χ2v) is 5.13. The maximum Gasteiger partial charge on any atom is 0.342 e. The van der Waals surface area contributed by atoms with Gasteiger partial charge < -0.3 is 10.4 Å². The number of thioether (sulfide) groups is 1. The number of benzene rings is 1. The number of ketones is 1. The van der Waals surface area contributed by atoms with Crippen molar-refractivity contribution in [2.24, 2.45) is 0 Å². The summed E-state index contributed by atoms with van der Waals surface area (Å²) in [5.74, 6) is -1.32. The zero-order valence-electron chi connectivity index (χ0n) is 10.1. The number of carboxylic acid groups (broad SMARTS) is 1. The number of nitrogens with one attached hydrogen (secondary N) is 1. The molecular formula is C13H13NO3S. The van der Waals surface area contributed by atoms with Gasteiger partial charge >= 0.3 is 5.97 Å². The molecule has 2 rings (SSSR count). The third-order valence-electron chi connectivity index (χ3n) is 2.83. The second-order valence-electron chi connectivity index (χ2n) is 4.15. The van der Waals surface area contributed by atoms with Crippen LogP contribution in [0.5, 0.6) is 0 Å². The highest BCUT2D eigenvalue weighted by molar-refractivity contribution is 8.04. The van der Waals surface area contributed by atoms with Gasteiger partial charge in [0.15, 0.2) is 5.78 Å². The van der Waals surface area contributed by atoms with Gasteiger partial charge in [0, 0.05) is 5.69 Å². The Labute approximate surface area is 109 Å². The fraction of sp³-hybridized carbons (Fsp3) is 0.231. The van der Waals surface area contributed by atoms with E-state index in [4.69, 9.17) is 5.11 Å². The largest absolute Gasteiger partial charge is 0.477 e. The van der Waals surface area contributed by atoms with E-state index in [2.05, 4.69) is 5.32 Å². The number of carboxylic acids is 1. The zero-order valence-corrected chi connectivity index (χ0v) is 10.9. The van der Waals surface area contributed by atoms with Crippen molar-refractivity contribution in [2.75, 3.05) is 11.1 Å². The van der Waals surface area contributed by atoms with Crippen LogP contribution >= 0.6 is 11.8 Å².